The van der Waals surface area contributed by atoms with Gasteiger partial charge in [0.15, 0.2) is 0 Å². The van der Waals surface area contributed by atoms with Crippen molar-refractivity contribution in [3.63, 3.8) is 0 Å². The van der Waals surface area contributed by atoms with E-state index in [9.17, 15) is 14.7 Å². The second-order valence-corrected chi connectivity index (χ2v) is 4.80. The molecule has 6 nitrogen and oxygen atoms in total. The van der Waals surface area contributed by atoms with E-state index in [1.807, 2.05) is 6.92 Å². The molecule has 0 atom stereocenters. The van der Waals surface area contributed by atoms with Crippen LogP contribution in [0.15, 0.2) is 30.5 Å². The normalized spacial score (nSPS) is 10.1. The molecule has 0 aliphatic rings. The van der Waals surface area contributed by atoms with Gasteiger partial charge in [0.2, 0.25) is 0 Å². The van der Waals surface area contributed by atoms with Crippen LogP contribution in [0.1, 0.15) is 32.0 Å². The van der Waals surface area contributed by atoms with Gasteiger partial charge >= 0.3 is 5.97 Å². The number of hydrogen-bond acceptors (Lipinski definition) is 4. The van der Waals surface area contributed by atoms with Gasteiger partial charge in [0.05, 0.1) is 18.4 Å². The summed E-state index contributed by atoms with van der Waals surface area (Å²) in [4.78, 5) is 27.6. The van der Waals surface area contributed by atoms with Gasteiger partial charge < -0.3 is 15.2 Å². The highest BCUT2D eigenvalue weighted by Gasteiger charge is 2.18. The summed E-state index contributed by atoms with van der Waals surface area (Å²) in [6, 6.07) is 6.30. The molecule has 0 spiro atoms. The second-order valence-electron chi connectivity index (χ2n) is 4.80. The van der Waals surface area contributed by atoms with Gasteiger partial charge in [-0.3, -0.25) is 9.78 Å². The van der Waals surface area contributed by atoms with E-state index in [0.717, 1.165) is 5.56 Å². The van der Waals surface area contributed by atoms with Crippen LogP contribution in [0.4, 0.5) is 5.69 Å². The number of anilines is 1. The lowest BCUT2D eigenvalue weighted by Gasteiger charge is -2.14. The molecule has 2 rings (SSSR count). The third-order valence-electron chi connectivity index (χ3n) is 3.25. The third kappa shape index (κ3) is 3.06. The Morgan fingerprint density at radius 2 is 1.91 bits per heavy atom. The van der Waals surface area contributed by atoms with Crippen molar-refractivity contribution in [2.24, 2.45) is 0 Å². The summed E-state index contributed by atoms with van der Waals surface area (Å²) >= 11 is 0. The molecule has 1 aromatic heterocycles. The molecule has 2 N–H and O–H groups in total. The maximum atomic E-state index is 12.2. The van der Waals surface area contributed by atoms with Crippen LogP contribution < -0.4 is 10.1 Å². The van der Waals surface area contributed by atoms with Crippen molar-refractivity contribution in [1.29, 1.82) is 0 Å². The summed E-state index contributed by atoms with van der Waals surface area (Å²) in [6.07, 6.45) is 1.57. The van der Waals surface area contributed by atoms with Crippen molar-refractivity contribution >= 4 is 17.6 Å². The number of hydrogen-bond donors (Lipinski definition) is 2. The van der Waals surface area contributed by atoms with E-state index >= 15 is 0 Å². The smallest absolute Gasteiger partial charge is 0.337 e. The molecular weight excluding hydrogens is 284 g/mol. The number of pyridine rings is 1. The summed E-state index contributed by atoms with van der Waals surface area (Å²) in [5.41, 5.74) is 1.89. The Morgan fingerprint density at radius 3 is 2.45 bits per heavy atom. The summed E-state index contributed by atoms with van der Waals surface area (Å²) in [6.45, 7) is 3.55. The molecule has 6 heteroatoms. The highest BCUT2D eigenvalue weighted by atomic mass is 16.5. The Bertz CT molecular complexity index is 724. The highest BCUT2D eigenvalue weighted by Crippen LogP contribution is 2.29. The highest BCUT2D eigenvalue weighted by molar-refractivity contribution is 6.07. The third-order valence-corrected chi connectivity index (χ3v) is 3.25. The molecule has 0 unspecified atom stereocenters. The van der Waals surface area contributed by atoms with E-state index in [1.165, 1.54) is 13.2 Å². The molecular formula is C16H16N2O4. The quantitative estimate of drug-likeness (QED) is 0.906. The van der Waals surface area contributed by atoms with Gasteiger partial charge in [0.1, 0.15) is 11.4 Å². The minimum Gasteiger partial charge on any atom is -0.496 e. The molecule has 0 saturated heterocycles. The van der Waals surface area contributed by atoms with Crippen molar-refractivity contribution < 1.29 is 19.4 Å². The zero-order valence-corrected chi connectivity index (χ0v) is 12.5. The van der Waals surface area contributed by atoms with E-state index in [-0.39, 0.29) is 16.9 Å². The number of amides is 1. The lowest BCUT2D eigenvalue weighted by Crippen LogP contribution is -2.17. The van der Waals surface area contributed by atoms with E-state index in [1.54, 1.807) is 31.3 Å². The SMILES string of the molecule is COc1ccc(C(=O)O)c(NC(=O)c2ccc(C)cn2)c1C. The Hall–Kier alpha value is -2.89. The number of benzene rings is 1. The average molecular weight is 300 g/mol. The zero-order chi connectivity index (χ0) is 16.3. The number of carboxylic acids is 1. The molecule has 0 saturated carbocycles. The summed E-state index contributed by atoms with van der Waals surface area (Å²) in [5, 5.41) is 11.9. The minimum absolute atomic E-state index is 0.00115. The van der Waals surface area contributed by atoms with Crippen molar-refractivity contribution in [3.05, 3.63) is 52.8 Å². The van der Waals surface area contributed by atoms with Gasteiger partial charge in [-0.15, -0.1) is 0 Å². The van der Waals surface area contributed by atoms with Crippen molar-refractivity contribution in [2.75, 3.05) is 12.4 Å². The molecule has 22 heavy (non-hydrogen) atoms. The fraction of sp³-hybridized carbons (Fsp3) is 0.188. The average Bonchev–Trinajstić information content (AvgIpc) is 2.49. The van der Waals surface area contributed by atoms with E-state index < -0.39 is 11.9 Å². The summed E-state index contributed by atoms with van der Waals surface area (Å²) in [5.74, 6) is -1.10. The first-order valence-corrected chi connectivity index (χ1v) is 6.59. The first-order valence-electron chi connectivity index (χ1n) is 6.59. The summed E-state index contributed by atoms with van der Waals surface area (Å²) < 4.78 is 5.16. The fourth-order valence-electron chi connectivity index (χ4n) is 2.03. The number of carbonyl (C=O) groups excluding carboxylic acids is 1. The molecule has 1 aromatic carbocycles. The molecule has 1 heterocycles. The number of aromatic carboxylic acids is 1. The van der Waals surface area contributed by atoms with Crippen molar-refractivity contribution in [2.45, 2.75) is 13.8 Å². The molecule has 114 valence electrons. The maximum Gasteiger partial charge on any atom is 0.337 e. The fourth-order valence-corrected chi connectivity index (χ4v) is 2.03. The molecule has 1 amide bonds. The molecule has 0 bridgehead atoms. The monoisotopic (exact) mass is 300 g/mol. The number of methoxy groups -OCH3 is 1. The van der Waals surface area contributed by atoms with Crippen LogP contribution in [0.5, 0.6) is 5.75 Å². The Kier molecular flexibility index (Phi) is 4.41. The molecule has 0 fully saturated rings. The van der Waals surface area contributed by atoms with E-state index in [4.69, 9.17) is 4.74 Å². The van der Waals surface area contributed by atoms with Crippen LogP contribution in [-0.4, -0.2) is 29.1 Å². The predicted molar refractivity (Wildman–Crippen MR) is 81.6 cm³/mol. The van der Waals surface area contributed by atoms with Crippen molar-refractivity contribution in [1.82, 2.24) is 4.98 Å². The summed E-state index contributed by atoms with van der Waals surface area (Å²) in [7, 11) is 1.48. The number of carbonyl (C=O) groups is 2. The number of nitrogens with zero attached hydrogens (tertiary/aromatic N) is 1. The first kappa shape index (κ1) is 15.5. The Morgan fingerprint density at radius 1 is 1.18 bits per heavy atom. The minimum atomic E-state index is -1.13. The Labute approximate surface area is 127 Å². The predicted octanol–water partition coefficient (Wildman–Crippen LogP) is 2.66. The number of carboxylic acid groups (broad SMARTS) is 1. The number of ether oxygens (including phenoxy) is 1. The number of aryl methyl sites for hydroxylation is 1. The topological polar surface area (TPSA) is 88.5 Å². The second kappa shape index (κ2) is 6.26. The van der Waals surface area contributed by atoms with Crippen LogP contribution in [0, 0.1) is 13.8 Å². The molecule has 0 radical (unpaired) electrons. The first-order chi connectivity index (χ1) is 10.4. The van der Waals surface area contributed by atoms with Crippen LogP contribution in [-0.2, 0) is 0 Å². The van der Waals surface area contributed by atoms with Crippen molar-refractivity contribution in [3.8, 4) is 5.75 Å². The molecule has 0 aliphatic heterocycles. The number of rotatable bonds is 4. The van der Waals surface area contributed by atoms with Crippen LogP contribution in [0.2, 0.25) is 0 Å². The Balaban J connectivity index is 2.41. The number of aromatic nitrogens is 1. The van der Waals surface area contributed by atoms with Crippen LogP contribution in [0.3, 0.4) is 0 Å². The standard InChI is InChI=1S/C16H16N2O4/c1-9-4-6-12(17-8-9)15(19)18-14-10(2)13(22-3)7-5-11(14)16(20)21/h4-8H,1-3H3,(H,18,19)(H,20,21). The van der Waals surface area contributed by atoms with Gasteiger partial charge in [0, 0.05) is 11.8 Å². The van der Waals surface area contributed by atoms with Gasteiger partial charge in [-0.05, 0) is 37.6 Å². The lowest BCUT2D eigenvalue weighted by molar-refractivity contribution is 0.0698. The van der Waals surface area contributed by atoms with Crippen LogP contribution >= 0.6 is 0 Å². The van der Waals surface area contributed by atoms with Gasteiger partial charge in [-0.25, -0.2) is 4.79 Å². The maximum absolute atomic E-state index is 12.2. The molecule has 0 aliphatic carbocycles. The number of nitrogens with one attached hydrogen (secondary N) is 1. The van der Waals surface area contributed by atoms with Crippen LogP contribution in [0.25, 0.3) is 0 Å². The largest absolute Gasteiger partial charge is 0.496 e. The van der Waals surface area contributed by atoms with Gasteiger partial charge in [-0.1, -0.05) is 6.07 Å². The molecule has 2 aromatic rings. The van der Waals surface area contributed by atoms with Gasteiger partial charge in [0.25, 0.3) is 5.91 Å². The van der Waals surface area contributed by atoms with E-state index in [0.29, 0.717) is 11.3 Å². The van der Waals surface area contributed by atoms with Gasteiger partial charge in [-0.2, -0.15) is 0 Å². The lowest BCUT2D eigenvalue weighted by atomic mass is 10.1. The zero-order valence-electron chi connectivity index (χ0n) is 12.5. The van der Waals surface area contributed by atoms with E-state index in [2.05, 4.69) is 10.3 Å².